The highest BCUT2D eigenvalue weighted by molar-refractivity contribution is 6.30. The van der Waals surface area contributed by atoms with Gasteiger partial charge in [0.2, 0.25) is 0 Å². The lowest BCUT2D eigenvalue weighted by atomic mass is 10.4. The lowest BCUT2D eigenvalue weighted by molar-refractivity contribution is -0.134. The van der Waals surface area contributed by atoms with Gasteiger partial charge in [0.25, 0.3) is 5.97 Å². The standard InChI is InChI=1S/C6H5Cl.C2H4O2/c7-6-4-2-1-3-5-6;1-2(3)4/h1-5H;1H3,(H,3,4). The molecule has 0 radical (unpaired) electrons. The van der Waals surface area contributed by atoms with Crippen LogP contribution in [0.15, 0.2) is 30.3 Å². The molecule has 0 saturated heterocycles. The quantitative estimate of drug-likeness (QED) is 0.653. The van der Waals surface area contributed by atoms with Crippen molar-refractivity contribution < 1.29 is 9.90 Å². The summed E-state index contributed by atoms with van der Waals surface area (Å²) in [6, 6.07) is 9.44. The Balaban J connectivity index is 0.000000218. The molecule has 0 amide bonds. The molecule has 1 aromatic rings. The van der Waals surface area contributed by atoms with Gasteiger partial charge in [0.05, 0.1) is 0 Å². The number of aliphatic carboxylic acids is 1. The first-order chi connectivity index (χ1) is 5.13. The number of benzene rings is 1. The second-order valence-corrected chi connectivity index (χ2v) is 2.25. The van der Waals surface area contributed by atoms with Gasteiger partial charge in [-0.25, -0.2) is 0 Å². The van der Waals surface area contributed by atoms with E-state index in [2.05, 4.69) is 0 Å². The van der Waals surface area contributed by atoms with Crippen molar-refractivity contribution in [2.24, 2.45) is 0 Å². The van der Waals surface area contributed by atoms with Crippen molar-refractivity contribution in [1.29, 1.82) is 0 Å². The number of rotatable bonds is 0. The van der Waals surface area contributed by atoms with Gasteiger partial charge in [0.1, 0.15) is 0 Å². The van der Waals surface area contributed by atoms with E-state index < -0.39 is 5.97 Å². The third kappa shape index (κ3) is 8.98. The Bertz CT molecular complexity index is 205. The molecule has 0 heterocycles. The minimum absolute atomic E-state index is 0.794. The summed E-state index contributed by atoms with van der Waals surface area (Å²) in [4.78, 5) is 9.00. The van der Waals surface area contributed by atoms with Crippen LogP contribution in [0.5, 0.6) is 0 Å². The fourth-order valence-electron chi connectivity index (χ4n) is 0.415. The molecule has 0 aliphatic rings. The predicted molar refractivity (Wildman–Crippen MR) is 44.8 cm³/mol. The van der Waals surface area contributed by atoms with Crippen molar-refractivity contribution in [3.63, 3.8) is 0 Å². The molecule has 0 bridgehead atoms. The Hall–Kier alpha value is -1.02. The molecule has 60 valence electrons. The first-order valence-electron chi connectivity index (χ1n) is 3.03. The second-order valence-electron chi connectivity index (χ2n) is 1.81. The molecule has 11 heavy (non-hydrogen) atoms. The SMILES string of the molecule is CC(=O)O.Clc1ccccc1. The molecule has 2 nitrogen and oxygen atoms in total. The Morgan fingerprint density at radius 3 is 1.91 bits per heavy atom. The molecule has 0 atom stereocenters. The van der Waals surface area contributed by atoms with Crippen LogP contribution < -0.4 is 0 Å². The highest BCUT2D eigenvalue weighted by atomic mass is 35.5. The Labute approximate surface area is 70.4 Å². The van der Waals surface area contributed by atoms with Crippen molar-refractivity contribution in [1.82, 2.24) is 0 Å². The normalized spacial score (nSPS) is 7.82. The van der Waals surface area contributed by atoms with Crippen molar-refractivity contribution >= 4 is 17.6 Å². The summed E-state index contributed by atoms with van der Waals surface area (Å²) in [5.41, 5.74) is 0. The maximum Gasteiger partial charge on any atom is 0.300 e. The lowest BCUT2D eigenvalue weighted by Crippen LogP contribution is -1.78. The zero-order chi connectivity index (χ0) is 8.69. The van der Waals surface area contributed by atoms with Crippen LogP contribution in [-0.4, -0.2) is 11.1 Å². The molecule has 0 unspecified atom stereocenters. The highest BCUT2D eigenvalue weighted by Crippen LogP contribution is 2.03. The minimum Gasteiger partial charge on any atom is -0.481 e. The molecule has 0 aliphatic carbocycles. The average Bonchev–Trinajstić information content (AvgIpc) is 1.87. The first-order valence-corrected chi connectivity index (χ1v) is 3.41. The molecule has 0 aliphatic heterocycles. The largest absolute Gasteiger partial charge is 0.481 e. The summed E-state index contributed by atoms with van der Waals surface area (Å²) < 4.78 is 0. The van der Waals surface area contributed by atoms with E-state index >= 15 is 0 Å². The molecule has 1 aromatic carbocycles. The third-order valence-electron chi connectivity index (χ3n) is 0.733. The summed E-state index contributed by atoms with van der Waals surface area (Å²) in [6.07, 6.45) is 0. The summed E-state index contributed by atoms with van der Waals surface area (Å²) in [5.74, 6) is -0.833. The van der Waals surface area contributed by atoms with Gasteiger partial charge in [-0.15, -0.1) is 0 Å². The third-order valence-corrected chi connectivity index (χ3v) is 0.985. The molecule has 3 heteroatoms. The molecule has 0 spiro atoms. The smallest absolute Gasteiger partial charge is 0.300 e. The number of hydrogen-bond donors (Lipinski definition) is 1. The van der Waals surface area contributed by atoms with Crippen LogP contribution in [0.3, 0.4) is 0 Å². The summed E-state index contributed by atoms with van der Waals surface area (Å²) >= 11 is 5.54. The molecular formula is C8H9ClO2. The molecule has 0 aromatic heterocycles. The van der Waals surface area contributed by atoms with Crippen molar-refractivity contribution in [2.45, 2.75) is 6.92 Å². The van der Waals surface area contributed by atoms with Crippen LogP contribution in [0.2, 0.25) is 5.02 Å². The number of carbonyl (C=O) groups is 1. The molecule has 0 fully saturated rings. The van der Waals surface area contributed by atoms with E-state index in [0.29, 0.717) is 0 Å². The number of halogens is 1. The van der Waals surface area contributed by atoms with Crippen LogP contribution in [0.1, 0.15) is 6.92 Å². The number of carboxylic acids is 1. The van der Waals surface area contributed by atoms with E-state index in [9.17, 15) is 0 Å². The van der Waals surface area contributed by atoms with Crippen molar-refractivity contribution in [3.05, 3.63) is 35.4 Å². The second kappa shape index (κ2) is 5.74. The summed E-state index contributed by atoms with van der Waals surface area (Å²) in [6.45, 7) is 1.08. The topological polar surface area (TPSA) is 37.3 Å². The molecule has 1 N–H and O–H groups in total. The molecular weight excluding hydrogens is 164 g/mol. The van der Waals surface area contributed by atoms with E-state index in [-0.39, 0.29) is 0 Å². The minimum atomic E-state index is -0.833. The van der Waals surface area contributed by atoms with Gasteiger partial charge in [0, 0.05) is 11.9 Å². The van der Waals surface area contributed by atoms with E-state index in [1.807, 2.05) is 30.3 Å². The molecule has 0 saturated carbocycles. The zero-order valence-corrected chi connectivity index (χ0v) is 6.88. The van der Waals surface area contributed by atoms with Crippen LogP contribution in [0, 0.1) is 0 Å². The Morgan fingerprint density at radius 2 is 1.73 bits per heavy atom. The van der Waals surface area contributed by atoms with Gasteiger partial charge in [0.15, 0.2) is 0 Å². The maximum atomic E-state index is 9.00. The van der Waals surface area contributed by atoms with Crippen molar-refractivity contribution in [3.8, 4) is 0 Å². The Kier molecular flexibility index (Phi) is 5.21. The van der Waals surface area contributed by atoms with E-state index in [1.54, 1.807) is 0 Å². The highest BCUT2D eigenvalue weighted by Gasteiger charge is 1.74. The van der Waals surface area contributed by atoms with Gasteiger partial charge in [-0.2, -0.15) is 0 Å². The van der Waals surface area contributed by atoms with Crippen LogP contribution in [0.4, 0.5) is 0 Å². The fraction of sp³-hybridized carbons (Fsp3) is 0.125. The number of hydrogen-bond acceptors (Lipinski definition) is 1. The van der Waals surface area contributed by atoms with Gasteiger partial charge in [-0.05, 0) is 12.1 Å². The van der Waals surface area contributed by atoms with Gasteiger partial charge >= 0.3 is 0 Å². The summed E-state index contributed by atoms with van der Waals surface area (Å²) in [7, 11) is 0. The predicted octanol–water partition coefficient (Wildman–Crippen LogP) is 2.43. The van der Waals surface area contributed by atoms with Gasteiger partial charge in [-0.1, -0.05) is 29.8 Å². The van der Waals surface area contributed by atoms with Crippen LogP contribution in [-0.2, 0) is 4.79 Å². The van der Waals surface area contributed by atoms with Crippen molar-refractivity contribution in [2.75, 3.05) is 0 Å². The maximum absolute atomic E-state index is 9.00. The first kappa shape index (κ1) is 9.98. The lowest BCUT2D eigenvalue weighted by Gasteiger charge is -1.80. The van der Waals surface area contributed by atoms with Crippen LogP contribution >= 0.6 is 11.6 Å². The fourth-order valence-corrected chi connectivity index (χ4v) is 0.560. The summed E-state index contributed by atoms with van der Waals surface area (Å²) in [5, 5.41) is 8.21. The van der Waals surface area contributed by atoms with Gasteiger partial charge < -0.3 is 5.11 Å². The van der Waals surface area contributed by atoms with E-state index in [0.717, 1.165) is 11.9 Å². The number of carboxylic acid groups (broad SMARTS) is 1. The molecule has 1 rings (SSSR count). The van der Waals surface area contributed by atoms with E-state index in [1.165, 1.54) is 0 Å². The average molecular weight is 173 g/mol. The Morgan fingerprint density at radius 1 is 1.36 bits per heavy atom. The van der Waals surface area contributed by atoms with Crippen LogP contribution in [0.25, 0.3) is 0 Å². The zero-order valence-electron chi connectivity index (χ0n) is 6.12. The monoisotopic (exact) mass is 172 g/mol. The van der Waals surface area contributed by atoms with Gasteiger partial charge in [-0.3, -0.25) is 4.79 Å². The van der Waals surface area contributed by atoms with E-state index in [4.69, 9.17) is 21.5 Å².